The van der Waals surface area contributed by atoms with Crippen LogP contribution in [0.15, 0.2) is 16.8 Å². The number of carbonyl (C=O) groups excluding carboxylic acids is 1. The van der Waals surface area contributed by atoms with Gasteiger partial charge in [0.05, 0.1) is 6.61 Å². The Morgan fingerprint density at radius 3 is 3.00 bits per heavy atom. The number of thiophene rings is 1. The van der Waals surface area contributed by atoms with Gasteiger partial charge in [0.1, 0.15) is 6.04 Å². The van der Waals surface area contributed by atoms with Crippen molar-refractivity contribution >= 4 is 41.5 Å². The highest BCUT2D eigenvalue weighted by molar-refractivity contribution is 7.98. The third kappa shape index (κ3) is 5.75. The molecular formula is C10H16ClNO2S2. The molecule has 0 aromatic carbocycles. The van der Waals surface area contributed by atoms with E-state index in [1.807, 2.05) is 5.38 Å². The zero-order valence-corrected chi connectivity index (χ0v) is 11.5. The van der Waals surface area contributed by atoms with Gasteiger partial charge in [0.25, 0.3) is 0 Å². The minimum atomic E-state index is -0.506. The molecule has 1 atom stereocenters. The summed E-state index contributed by atoms with van der Waals surface area (Å²) in [5.74, 6) is 1.20. The topological polar surface area (TPSA) is 52.3 Å². The number of carbonyl (C=O) groups is 1. The van der Waals surface area contributed by atoms with Crippen LogP contribution in [0.1, 0.15) is 12.5 Å². The second kappa shape index (κ2) is 8.87. The Morgan fingerprint density at radius 1 is 1.69 bits per heavy atom. The van der Waals surface area contributed by atoms with Gasteiger partial charge in [0, 0.05) is 11.5 Å². The number of esters is 1. The molecule has 16 heavy (non-hydrogen) atoms. The third-order valence-corrected chi connectivity index (χ3v) is 3.60. The van der Waals surface area contributed by atoms with Crippen molar-refractivity contribution in [2.24, 2.45) is 5.73 Å². The summed E-state index contributed by atoms with van der Waals surface area (Å²) in [6, 6.07) is 1.57. The standard InChI is InChI=1S/C10H15NO2S2.ClH/c1-2-13-10(12)9(11)7-15-6-8-3-4-14-5-8;/h3-5,9H,2,6-7,11H2,1H3;1H/t9-;/m0./s1. The largest absolute Gasteiger partial charge is 0.465 e. The van der Waals surface area contributed by atoms with Crippen LogP contribution in [-0.2, 0) is 15.3 Å². The smallest absolute Gasteiger partial charge is 0.323 e. The fourth-order valence-electron chi connectivity index (χ4n) is 0.996. The highest BCUT2D eigenvalue weighted by atomic mass is 35.5. The van der Waals surface area contributed by atoms with E-state index in [-0.39, 0.29) is 18.4 Å². The molecule has 1 heterocycles. The SMILES string of the molecule is CCOC(=O)[C@@H](N)CSCc1ccsc1.Cl. The number of hydrogen-bond acceptors (Lipinski definition) is 5. The molecule has 0 saturated heterocycles. The number of halogens is 1. The number of ether oxygens (including phenoxy) is 1. The molecule has 1 aromatic rings. The lowest BCUT2D eigenvalue weighted by Crippen LogP contribution is -2.34. The summed E-state index contributed by atoms with van der Waals surface area (Å²) in [5, 5.41) is 4.14. The minimum Gasteiger partial charge on any atom is -0.465 e. The average molecular weight is 282 g/mol. The van der Waals surface area contributed by atoms with Crippen molar-refractivity contribution in [1.29, 1.82) is 0 Å². The Balaban J connectivity index is 0.00000225. The monoisotopic (exact) mass is 281 g/mol. The van der Waals surface area contributed by atoms with Gasteiger partial charge < -0.3 is 10.5 Å². The summed E-state index contributed by atoms with van der Waals surface area (Å²) in [4.78, 5) is 11.2. The maximum absolute atomic E-state index is 11.2. The zero-order chi connectivity index (χ0) is 11.1. The second-order valence-electron chi connectivity index (χ2n) is 3.01. The van der Waals surface area contributed by atoms with Gasteiger partial charge in [-0.25, -0.2) is 0 Å². The predicted octanol–water partition coefficient (Wildman–Crippen LogP) is 2.29. The lowest BCUT2D eigenvalue weighted by atomic mass is 10.4. The van der Waals surface area contributed by atoms with Gasteiger partial charge in [-0.15, -0.1) is 12.4 Å². The number of thioether (sulfide) groups is 1. The van der Waals surface area contributed by atoms with Crippen molar-refractivity contribution in [3.05, 3.63) is 22.4 Å². The highest BCUT2D eigenvalue weighted by Crippen LogP contribution is 2.15. The first-order valence-corrected chi connectivity index (χ1v) is 6.84. The van der Waals surface area contributed by atoms with Crippen LogP contribution in [-0.4, -0.2) is 24.4 Å². The van der Waals surface area contributed by atoms with E-state index in [0.717, 1.165) is 5.75 Å². The number of nitrogens with two attached hydrogens (primary N) is 1. The quantitative estimate of drug-likeness (QED) is 0.813. The van der Waals surface area contributed by atoms with Crippen molar-refractivity contribution in [3.63, 3.8) is 0 Å². The van der Waals surface area contributed by atoms with Gasteiger partial charge >= 0.3 is 5.97 Å². The fourth-order valence-corrected chi connectivity index (χ4v) is 2.69. The fraction of sp³-hybridized carbons (Fsp3) is 0.500. The third-order valence-electron chi connectivity index (χ3n) is 1.74. The maximum Gasteiger partial charge on any atom is 0.323 e. The van der Waals surface area contributed by atoms with Crippen LogP contribution < -0.4 is 5.73 Å². The van der Waals surface area contributed by atoms with Crippen LogP contribution in [0.4, 0.5) is 0 Å². The Labute approximate surface area is 110 Å². The van der Waals surface area contributed by atoms with E-state index in [1.54, 1.807) is 30.0 Å². The Hall–Kier alpha value is -0.230. The van der Waals surface area contributed by atoms with Gasteiger partial charge in [0.2, 0.25) is 0 Å². The van der Waals surface area contributed by atoms with E-state index in [1.165, 1.54) is 5.56 Å². The Bertz CT molecular complexity index is 293. The maximum atomic E-state index is 11.2. The van der Waals surface area contributed by atoms with Gasteiger partial charge in [-0.2, -0.15) is 23.1 Å². The van der Waals surface area contributed by atoms with Gasteiger partial charge in [0.15, 0.2) is 0 Å². The van der Waals surface area contributed by atoms with Crippen LogP contribution in [0.3, 0.4) is 0 Å². The summed E-state index contributed by atoms with van der Waals surface area (Å²) in [7, 11) is 0. The summed E-state index contributed by atoms with van der Waals surface area (Å²) in [5.41, 5.74) is 6.93. The summed E-state index contributed by atoms with van der Waals surface area (Å²) in [6.07, 6.45) is 0. The van der Waals surface area contributed by atoms with Gasteiger partial charge in [-0.3, -0.25) is 4.79 Å². The molecule has 0 radical (unpaired) electrons. The highest BCUT2D eigenvalue weighted by Gasteiger charge is 2.13. The normalized spacial score (nSPS) is 11.6. The van der Waals surface area contributed by atoms with Crippen molar-refractivity contribution in [2.75, 3.05) is 12.4 Å². The van der Waals surface area contributed by atoms with Gasteiger partial charge in [-0.1, -0.05) is 0 Å². The molecule has 0 aliphatic rings. The summed E-state index contributed by atoms with van der Waals surface area (Å²) < 4.78 is 4.82. The molecule has 0 unspecified atom stereocenters. The van der Waals surface area contributed by atoms with Crippen LogP contribution in [0.5, 0.6) is 0 Å². The molecule has 6 heteroatoms. The lowest BCUT2D eigenvalue weighted by Gasteiger charge is -2.09. The molecule has 3 nitrogen and oxygen atoms in total. The van der Waals surface area contributed by atoms with Crippen molar-refractivity contribution in [3.8, 4) is 0 Å². The van der Waals surface area contributed by atoms with E-state index in [4.69, 9.17) is 10.5 Å². The molecule has 0 aliphatic carbocycles. The van der Waals surface area contributed by atoms with Crippen molar-refractivity contribution < 1.29 is 9.53 Å². The minimum absolute atomic E-state index is 0. The van der Waals surface area contributed by atoms with Crippen LogP contribution in [0, 0.1) is 0 Å². The second-order valence-corrected chi connectivity index (χ2v) is 4.82. The van der Waals surface area contributed by atoms with Crippen LogP contribution in [0.25, 0.3) is 0 Å². The molecule has 0 saturated carbocycles. The molecule has 1 rings (SSSR count). The number of rotatable bonds is 6. The first-order chi connectivity index (χ1) is 7.24. The molecule has 2 N–H and O–H groups in total. The summed E-state index contributed by atoms with van der Waals surface area (Å²) >= 11 is 3.33. The molecular weight excluding hydrogens is 266 g/mol. The lowest BCUT2D eigenvalue weighted by molar-refractivity contribution is -0.144. The number of hydrogen-bond donors (Lipinski definition) is 1. The molecule has 0 amide bonds. The van der Waals surface area contributed by atoms with E-state index in [0.29, 0.717) is 12.4 Å². The van der Waals surface area contributed by atoms with Crippen molar-refractivity contribution in [2.45, 2.75) is 18.7 Å². The summed E-state index contributed by atoms with van der Waals surface area (Å²) in [6.45, 7) is 2.17. The molecule has 92 valence electrons. The Morgan fingerprint density at radius 2 is 2.44 bits per heavy atom. The van der Waals surface area contributed by atoms with Crippen LogP contribution >= 0.6 is 35.5 Å². The first-order valence-electron chi connectivity index (χ1n) is 4.75. The first kappa shape index (κ1) is 15.8. The Kier molecular flexibility index (Phi) is 8.74. The van der Waals surface area contributed by atoms with E-state index >= 15 is 0 Å². The molecule has 0 aliphatic heterocycles. The van der Waals surface area contributed by atoms with E-state index in [2.05, 4.69) is 11.4 Å². The van der Waals surface area contributed by atoms with E-state index in [9.17, 15) is 4.79 Å². The average Bonchev–Trinajstić information content (AvgIpc) is 2.71. The molecule has 0 bridgehead atoms. The predicted molar refractivity (Wildman–Crippen MR) is 72.3 cm³/mol. The van der Waals surface area contributed by atoms with Gasteiger partial charge in [-0.05, 0) is 29.3 Å². The molecule has 1 aromatic heterocycles. The molecule has 0 spiro atoms. The van der Waals surface area contributed by atoms with E-state index < -0.39 is 6.04 Å². The zero-order valence-electron chi connectivity index (χ0n) is 9.05. The van der Waals surface area contributed by atoms with Crippen LogP contribution in [0.2, 0.25) is 0 Å². The molecule has 0 fully saturated rings. The van der Waals surface area contributed by atoms with Crippen molar-refractivity contribution in [1.82, 2.24) is 0 Å².